The lowest BCUT2D eigenvalue weighted by Crippen LogP contribution is -2.49. The molecule has 6 nitrogen and oxygen atoms in total. The van der Waals surface area contributed by atoms with E-state index in [1.807, 2.05) is 19.9 Å². The minimum absolute atomic E-state index is 0.0749. The summed E-state index contributed by atoms with van der Waals surface area (Å²) in [5.41, 5.74) is 7.09. The minimum Gasteiger partial charge on any atom is -0.489 e. The van der Waals surface area contributed by atoms with Crippen LogP contribution in [-0.2, 0) is 11.2 Å². The number of hydrogen-bond donors (Lipinski definition) is 3. The van der Waals surface area contributed by atoms with E-state index in [1.165, 1.54) is 0 Å². The first-order valence-electron chi connectivity index (χ1n) is 7.76. The van der Waals surface area contributed by atoms with Crippen molar-refractivity contribution < 1.29 is 37.0 Å². The van der Waals surface area contributed by atoms with Crippen LogP contribution in [0.5, 0.6) is 5.75 Å². The number of carboxylic acids is 1. The van der Waals surface area contributed by atoms with Gasteiger partial charge < -0.3 is 20.9 Å². The molecule has 1 amide bonds. The van der Waals surface area contributed by atoms with Gasteiger partial charge in [-0.2, -0.15) is 13.2 Å². The quantitative estimate of drug-likeness (QED) is 0.684. The first-order chi connectivity index (χ1) is 12.4. The Kier molecular flexibility index (Phi) is 7.35. The summed E-state index contributed by atoms with van der Waals surface area (Å²) in [5, 5.41) is 10.1. The third kappa shape index (κ3) is 6.89. The third-order valence-electron chi connectivity index (χ3n) is 3.49. The fourth-order valence-corrected chi connectivity index (χ4v) is 2.23. The van der Waals surface area contributed by atoms with E-state index in [4.69, 9.17) is 20.4 Å². The second kappa shape index (κ2) is 8.85. The molecule has 0 bridgehead atoms. The maximum atomic E-state index is 12.4. The van der Waals surface area contributed by atoms with Crippen molar-refractivity contribution in [2.24, 2.45) is 5.73 Å². The number of halogens is 4. The molecule has 1 aromatic carbocycles. The van der Waals surface area contributed by atoms with Crippen LogP contribution in [0.4, 0.5) is 17.6 Å². The van der Waals surface area contributed by atoms with Crippen molar-refractivity contribution in [2.75, 3.05) is 13.2 Å². The summed E-state index contributed by atoms with van der Waals surface area (Å²) < 4.78 is 49.6. The zero-order valence-corrected chi connectivity index (χ0v) is 14.7. The summed E-state index contributed by atoms with van der Waals surface area (Å²) in [4.78, 5) is 20.8. The Labute approximate surface area is 153 Å². The molecule has 0 radical (unpaired) electrons. The van der Waals surface area contributed by atoms with Crippen molar-refractivity contribution >= 4 is 11.9 Å². The number of carboxylic acid groups (broad SMARTS) is 1. The fraction of sp³-hybridized carbons (Fsp3) is 0.412. The number of benzene rings is 1. The number of carbonyl (C=O) groups is 2. The first-order valence-corrected chi connectivity index (χ1v) is 7.76. The molecule has 0 saturated carbocycles. The van der Waals surface area contributed by atoms with Gasteiger partial charge in [-0.3, -0.25) is 4.79 Å². The zero-order chi connectivity index (χ0) is 20.8. The van der Waals surface area contributed by atoms with Gasteiger partial charge in [0.05, 0.1) is 6.33 Å². The highest BCUT2D eigenvalue weighted by Crippen LogP contribution is 2.26. The SMILES string of the molecule is CC1(C)Cc2cc(OC/C(=C/F)CN)ccc2C(=O)N1.O=C(O)C(F)(F)F. The predicted molar refractivity (Wildman–Crippen MR) is 89.1 cm³/mol. The maximum Gasteiger partial charge on any atom is 0.490 e. The van der Waals surface area contributed by atoms with Gasteiger partial charge in [-0.1, -0.05) is 0 Å². The maximum absolute atomic E-state index is 12.4. The second-order valence-electron chi connectivity index (χ2n) is 6.40. The van der Waals surface area contributed by atoms with Gasteiger partial charge in [0.25, 0.3) is 5.91 Å². The van der Waals surface area contributed by atoms with E-state index >= 15 is 0 Å². The van der Waals surface area contributed by atoms with Crippen molar-refractivity contribution in [3.8, 4) is 5.75 Å². The van der Waals surface area contributed by atoms with Gasteiger partial charge in [0, 0.05) is 23.2 Å². The molecule has 150 valence electrons. The number of amides is 1. The van der Waals surface area contributed by atoms with Crippen molar-refractivity contribution in [1.82, 2.24) is 5.32 Å². The lowest BCUT2D eigenvalue weighted by atomic mass is 9.87. The van der Waals surface area contributed by atoms with Crippen molar-refractivity contribution in [3.05, 3.63) is 41.2 Å². The number of fused-ring (bicyclic) bond motifs is 1. The van der Waals surface area contributed by atoms with Crippen molar-refractivity contribution in [1.29, 1.82) is 0 Å². The van der Waals surface area contributed by atoms with Crippen LogP contribution < -0.4 is 15.8 Å². The summed E-state index contributed by atoms with van der Waals surface area (Å²) in [5.74, 6) is -2.22. The molecule has 1 heterocycles. The lowest BCUT2D eigenvalue weighted by Gasteiger charge is -2.32. The molecular formula is C17H20F4N2O4. The summed E-state index contributed by atoms with van der Waals surface area (Å²) in [6, 6.07) is 5.28. The topological polar surface area (TPSA) is 102 Å². The molecule has 0 fully saturated rings. The van der Waals surface area contributed by atoms with Crippen LogP contribution in [0, 0.1) is 0 Å². The molecule has 0 spiro atoms. The fourth-order valence-electron chi connectivity index (χ4n) is 2.23. The molecule has 0 aliphatic carbocycles. The van der Waals surface area contributed by atoms with Gasteiger partial charge in [0.2, 0.25) is 0 Å². The molecule has 0 saturated heterocycles. The van der Waals surface area contributed by atoms with E-state index in [9.17, 15) is 22.4 Å². The highest BCUT2D eigenvalue weighted by Gasteiger charge is 2.38. The molecular weight excluding hydrogens is 372 g/mol. The molecule has 1 aliphatic rings. The standard InChI is InChI=1S/C15H19FN2O2.C2HF3O2/c1-15(2)6-11-5-12(20-9-10(7-16)8-17)3-4-13(11)14(19)18-15;3-2(4,5)1(6)7/h3-5,7H,6,8-9,17H2,1-2H3,(H,18,19);(H,6,7)/b10-7+;. The second-order valence-corrected chi connectivity index (χ2v) is 6.40. The summed E-state index contributed by atoms with van der Waals surface area (Å²) in [7, 11) is 0. The highest BCUT2D eigenvalue weighted by molar-refractivity contribution is 5.97. The van der Waals surface area contributed by atoms with Gasteiger partial charge >= 0.3 is 12.1 Å². The molecule has 1 aliphatic heterocycles. The minimum atomic E-state index is -5.08. The van der Waals surface area contributed by atoms with Crippen LogP contribution >= 0.6 is 0 Å². The Balaban J connectivity index is 0.000000445. The van der Waals surface area contributed by atoms with E-state index in [2.05, 4.69) is 5.32 Å². The zero-order valence-electron chi connectivity index (χ0n) is 14.7. The van der Waals surface area contributed by atoms with Crippen LogP contribution in [0.25, 0.3) is 0 Å². The van der Waals surface area contributed by atoms with Gasteiger partial charge in [-0.25, -0.2) is 9.18 Å². The average molecular weight is 392 g/mol. The van der Waals surface area contributed by atoms with E-state index < -0.39 is 12.1 Å². The van der Waals surface area contributed by atoms with Crippen molar-refractivity contribution in [2.45, 2.75) is 32.0 Å². The number of hydrogen-bond acceptors (Lipinski definition) is 4. The summed E-state index contributed by atoms with van der Waals surface area (Å²) in [6.07, 6.45) is -3.89. The summed E-state index contributed by atoms with van der Waals surface area (Å²) in [6.45, 7) is 4.18. The Bertz CT molecular complexity index is 730. The van der Waals surface area contributed by atoms with Crippen LogP contribution in [-0.4, -0.2) is 41.8 Å². The van der Waals surface area contributed by atoms with Gasteiger partial charge in [-0.05, 0) is 44.0 Å². The number of carbonyl (C=O) groups excluding carboxylic acids is 1. The molecule has 0 aromatic heterocycles. The molecule has 1 aromatic rings. The van der Waals surface area contributed by atoms with E-state index in [0.29, 0.717) is 23.2 Å². The largest absolute Gasteiger partial charge is 0.490 e. The van der Waals surface area contributed by atoms with Gasteiger partial charge in [0.15, 0.2) is 0 Å². The van der Waals surface area contributed by atoms with Crippen LogP contribution in [0.15, 0.2) is 30.1 Å². The summed E-state index contributed by atoms with van der Waals surface area (Å²) >= 11 is 0. The normalized spacial score (nSPS) is 15.8. The first kappa shape index (κ1) is 22.4. The Hall–Kier alpha value is -2.62. The van der Waals surface area contributed by atoms with E-state index in [1.54, 1.807) is 12.1 Å². The van der Waals surface area contributed by atoms with E-state index in [-0.39, 0.29) is 24.6 Å². The molecule has 27 heavy (non-hydrogen) atoms. The highest BCUT2D eigenvalue weighted by atomic mass is 19.4. The Morgan fingerprint density at radius 3 is 2.48 bits per heavy atom. The number of nitrogens with two attached hydrogens (primary N) is 1. The number of nitrogens with one attached hydrogen (secondary N) is 1. The van der Waals surface area contributed by atoms with E-state index in [0.717, 1.165) is 12.0 Å². The van der Waals surface area contributed by atoms with Crippen LogP contribution in [0.3, 0.4) is 0 Å². The molecule has 2 rings (SSSR count). The lowest BCUT2D eigenvalue weighted by molar-refractivity contribution is -0.192. The number of ether oxygens (including phenoxy) is 1. The van der Waals surface area contributed by atoms with Gasteiger partial charge in [-0.15, -0.1) is 0 Å². The van der Waals surface area contributed by atoms with Gasteiger partial charge in [0.1, 0.15) is 12.4 Å². The third-order valence-corrected chi connectivity index (χ3v) is 3.49. The molecule has 0 atom stereocenters. The number of alkyl halides is 3. The monoisotopic (exact) mass is 392 g/mol. The Morgan fingerprint density at radius 2 is 2.00 bits per heavy atom. The predicted octanol–water partition coefficient (Wildman–Crippen LogP) is 2.58. The Morgan fingerprint density at radius 1 is 1.41 bits per heavy atom. The number of aliphatic carboxylic acids is 1. The van der Waals surface area contributed by atoms with Crippen molar-refractivity contribution in [3.63, 3.8) is 0 Å². The molecule has 0 unspecified atom stereocenters. The van der Waals surface area contributed by atoms with Crippen LogP contribution in [0.2, 0.25) is 0 Å². The smallest absolute Gasteiger partial charge is 0.489 e. The average Bonchev–Trinajstić information content (AvgIpc) is 2.54. The van der Waals surface area contributed by atoms with Crippen LogP contribution in [0.1, 0.15) is 29.8 Å². The molecule has 4 N–H and O–H groups in total. The molecule has 10 heteroatoms. The number of rotatable bonds is 4.